The van der Waals surface area contributed by atoms with E-state index < -0.39 is 5.91 Å². The Bertz CT molecular complexity index is 627. The number of hydrogen-bond donors (Lipinski definition) is 2. The van der Waals surface area contributed by atoms with Gasteiger partial charge < -0.3 is 9.84 Å². The van der Waals surface area contributed by atoms with E-state index >= 15 is 0 Å². The molecule has 0 unspecified atom stereocenters. The lowest BCUT2D eigenvalue weighted by molar-refractivity contribution is 0.0950. The smallest absolute Gasteiger partial charge is 0.289 e. The summed E-state index contributed by atoms with van der Waals surface area (Å²) in [5, 5.41) is 13.3. The van der Waals surface area contributed by atoms with Crippen LogP contribution < -0.4 is 10.2 Å². The van der Waals surface area contributed by atoms with Gasteiger partial charge in [-0.15, -0.1) is 0 Å². The van der Waals surface area contributed by atoms with Crippen molar-refractivity contribution in [3.05, 3.63) is 53.9 Å². The number of benzene rings is 1. The van der Waals surface area contributed by atoms with Gasteiger partial charge >= 0.3 is 0 Å². The highest BCUT2D eigenvalue weighted by atomic mass is 16.5. The number of amides is 1. The number of methoxy groups -OCH3 is 1. The Morgan fingerprint density at radius 1 is 1.40 bits per heavy atom. The summed E-state index contributed by atoms with van der Waals surface area (Å²) in [4.78, 5) is 15.6. The first-order valence-electron chi connectivity index (χ1n) is 5.82. The van der Waals surface area contributed by atoms with Crippen LogP contribution in [0.4, 0.5) is 0 Å². The third-order valence-corrected chi connectivity index (χ3v) is 2.48. The Morgan fingerprint density at radius 2 is 2.25 bits per heavy atom. The lowest BCUT2D eigenvalue weighted by Crippen LogP contribution is -2.18. The largest absolute Gasteiger partial charge is 0.504 e. The molecule has 2 N–H and O–H groups in total. The van der Waals surface area contributed by atoms with E-state index in [1.54, 1.807) is 30.3 Å². The van der Waals surface area contributed by atoms with E-state index in [0.29, 0.717) is 11.3 Å². The van der Waals surface area contributed by atoms with Crippen LogP contribution in [0.5, 0.6) is 11.5 Å². The van der Waals surface area contributed by atoms with E-state index in [-0.39, 0.29) is 11.4 Å². The van der Waals surface area contributed by atoms with Gasteiger partial charge in [-0.05, 0) is 35.9 Å². The van der Waals surface area contributed by atoms with Crippen molar-refractivity contribution in [2.75, 3.05) is 7.11 Å². The standard InChI is InChI=1S/C14H13N3O3/c1-20-13-8-10(5-6-12(13)18)9-16-17-14(19)11-4-2-3-7-15-11/h2-9,18H,1H3,(H,17,19)/b16-9+. The number of pyridine rings is 1. The van der Waals surface area contributed by atoms with Crippen molar-refractivity contribution in [1.29, 1.82) is 0 Å². The van der Waals surface area contributed by atoms with Gasteiger partial charge in [0.05, 0.1) is 13.3 Å². The number of ether oxygens (including phenoxy) is 1. The van der Waals surface area contributed by atoms with Gasteiger partial charge in [-0.3, -0.25) is 9.78 Å². The fourth-order valence-corrected chi connectivity index (χ4v) is 1.49. The van der Waals surface area contributed by atoms with Crippen molar-refractivity contribution in [2.45, 2.75) is 0 Å². The monoisotopic (exact) mass is 271 g/mol. The number of carbonyl (C=O) groups is 1. The van der Waals surface area contributed by atoms with Crippen molar-refractivity contribution in [3.63, 3.8) is 0 Å². The number of phenols is 1. The van der Waals surface area contributed by atoms with Crippen molar-refractivity contribution in [3.8, 4) is 11.5 Å². The predicted octanol–water partition coefficient (Wildman–Crippen LogP) is 1.56. The Kier molecular flexibility index (Phi) is 4.28. The van der Waals surface area contributed by atoms with Gasteiger partial charge in [0.2, 0.25) is 0 Å². The van der Waals surface area contributed by atoms with Gasteiger partial charge in [0.15, 0.2) is 11.5 Å². The van der Waals surface area contributed by atoms with Crippen molar-refractivity contribution in [2.24, 2.45) is 5.10 Å². The van der Waals surface area contributed by atoms with E-state index in [2.05, 4.69) is 15.5 Å². The molecule has 0 bridgehead atoms. The van der Waals surface area contributed by atoms with Crippen LogP contribution >= 0.6 is 0 Å². The third kappa shape index (κ3) is 3.32. The van der Waals surface area contributed by atoms with Gasteiger partial charge in [0.25, 0.3) is 5.91 Å². The summed E-state index contributed by atoms with van der Waals surface area (Å²) in [5.41, 5.74) is 3.33. The molecule has 1 aromatic carbocycles. The van der Waals surface area contributed by atoms with Crippen molar-refractivity contribution >= 4 is 12.1 Å². The van der Waals surface area contributed by atoms with Crippen LogP contribution in [-0.4, -0.2) is 29.3 Å². The molecule has 1 heterocycles. The molecule has 2 aromatic rings. The number of phenolic OH excluding ortho intramolecular Hbond substituents is 1. The van der Waals surface area contributed by atoms with E-state index in [1.807, 2.05) is 0 Å². The molecule has 0 aliphatic heterocycles. The van der Waals surface area contributed by atoms with Crippen molar-refractivity contribution < 1.29 is 14.6 Å². The van der Waals surface area contributed by atoms with E-state index in [9.17, 15) is 9.90 Å². The molecule has 0 fully saturated rings. The number of carbonyl (C=O) groups excluding carboxylic acids is 1. The Morgan fingerprint density at radius 3 is 2.95 bits per heavy atom. The Balaban J connectivity index is 2.02. The number of aromatic hydroxyl groups is 1. The Labute approximate surface area is 115 Å². The van der Waals surface area contributed by atoms with Gasteiger partial charge in [-0.2, -0.15) is 5.10 Å². The third-order valence-electron chi connectivity index (χ3n) is 2.48. The molecule has 0 saturated heterocycles. The summed E-state index contributed by atoms with van der Waals surface area (Å²) < 4.78 is 4.97. The Hall–Kier alpha value is -2.89. The molecule has 0 radical (unpaired) electrons. The molecule has 0 atom stereocenters. The summed E-state index contributed by atoms with van der Waals surface area (Å²) >= 11 is 0. The highest BCUT2D eigenvalue weighted by Gasteiger charge is 2.04. The lowest BCUT2D eigenvalue weighted by atomic mass is 10.2. The number of hydrogen-bond acceptors (Lipinski definition) is 5. The molecule has 1 aromatic heterocycles. The molecule has 2 rings (SSSR count). The second-order valence-corrected chi connectivity index (χ2v) is 3.85. The summed E-state index contributed by atoms with van der Waals surface area (Å²) in [6.45, 7) is 0. The first-order valence-corrected chi connectivity index (χ1v) is 5.82. The zero-order valence-electron chi connectivity index (χ0n) is 10.8. The minimum absolute atomic E-state index is 0.0437. The van der Waals surface area contributed by atoms with Crippen LogP contribution in [0.15, 0.2) is 47.7 Å². The minimum Gasteiger partial charge on any atom is -0.504 e. The first-order chi connectivity index (χ1) is 9.70. The summed E-state index contributed by atoms with van der Waals surface area (Å²) in [5.74, 6) is -0.0141. The molecular weight excluding hydrogens is 258 g/mol. The van der Waals surface area contributed by atoms with E-state index in [0.717, 1.165) is 0 Å². The lowest BCUT2D eigenvalue weighted by Gasteiger charge is -2.03. The molecule has 1 amide bonds. The zero-order valence-corrected chi connectivity index (χ0v) is 10.8. The summed E-state index contributed by atoms with van der Waals surface area (Å²) in [6, 6.07) is 9.77. The second kappa shape index (κ2) is 6.33. The fraction of sp³-hybridized carbons (Fsp3) is 0.0714. The quantitative estimate of drug-likeness (QED) is 0.653. The molecule has 0 spiro atoms. The van der Waals surface area contributed by atoms with Crippen LogP contribution in [0.25, 0.3) is 0 Å². The van der Waals surface area contributed by atoms with Crippen LogP contribution in [0.1, 0.15) is 16.1 Å². The van der Waals surface area contributed by atoms with Crippen LogP contribution in [0.3, 0.4) is 0 Å². The fourth-order valence-electron chi connectivity index (χ4n) is 1.49. The SMILES string of the molecule is COc1cc(/C=N/NC(=O)c2ccccn2)ccc1O. The molecule has 0 saturated carbocycles. The van der Waals surface area contributed by atoms with E-state index in [1.165, 1.54) is 25.6 Å². The highest BCUT2D eigenvalue weighted by molar-refractivity contribution is 5.93. The maximum absolute atomic E-state index is 11.7. The van der Waals surface area contributed by atoms with E-state index in [4.69, 9.17) is 4.74 Å². The van der Waals surface area contributed by atoms with Crippen LogP contribution in [-0.2, 0) is 0 Å². The number of nitrogens with zero attached hydrogens (tertiary/aromatic N) is 2. The number of hydrazone groups is 1. The number of nitrogens with one attached hydrogen (secondary N) is 1. The molecule has 0 aliphatic carbocycles. The van der Waals surface area contributed by atoms with Crippen LogP contribution in [0, 0.1) is 0 Å². The average molecular weight is 271 g/mol. The molecular formula is C14H13N3O3. The molecule has 0 aliphatic rings. The maximum Gasteiger partial charge on any atom is 0.289 e. The average Bonchev–Trinajstić information content (AvgIpc) is 2.49. The van der Waals surface area contributed by atoms with Gasteiger partial charge in [-0.25, -0.2) is 5.43 Å². The van der Waals surface area contributed by atoms with Gasteiger partial charge in [0, 0.05) is 6.20 Å². The van der Waals surface area contributed by atoms with Gasteiger partial charge in [-0.1, -0.05) is 6.07 Å². The van der Waals surface area contributed by atoms with Gasteiger partial charge in [0.1, 0.15) is 5.69 Å². The van der Waals surface area contributed by atoms with Crippen molar-refractivity contribution in [1.82, 2.24) is 10.4 Å². The topological polar surface area (TPSA) is 83.8 Å². The predicted molar refractivity (Wildman–Crippen MR) is 74.0 cm³/mol. The second-order valence-electron chi connectivity index (χ2n) is 3.85. The highest BCUT2D eigenvalue weighted by Crippen LogP contribution is 2.25. The zero-order chi connectivity index (χ0) is 14.4. The molecule has 102 valence electrons. The molecule has 6 heteroatoms. The van der Waals surface area contributed by atoms with Crippen LogP contribution in [0.2, 0.25) is 0 Å². The summed E-state index contributed by atoms with van der Waals surface area (Å²) in [7, 11) is 1.46. The number of aromatic nitrogens is 1. The first kappa shape index (κ1) is 13.5. The normalized spacial score (nSPS) is 10.4. The maximum atomic E-state index is 11.7. The molecule has 20 heavy (non-hydrogen) atoms. The summed E-state index contributed by atoms with van der Waals surface area (Å²) in [6.07, 6.45) is 2.98. The minimum atomic E-state index is -0.396. The molecule has 6 nitrogen and oxygen atoms in total. The number of rotatable bonds is 4.